The average molecular weight is 393 g/mol. The number of hydrogen-bond acceptors (Lipinski definition) is 6. The van der Waals surface area contributed by atoms with Gasteiger partial charge in [-0.1, -0.05) is 30.3 Å². The molecule has 0 saturated heterocycles. The van der Waals surface area contributed by atoms with Gasteiger partial charge in [0.15, 0.2) is 6.79 Å². The summed E-state index contributed by atoms with van der Waals surface area (Å²) in [6.07, 6.45) is 4.97. The second-order valence-corrected chi connectivity index (χ2v) is 6.18. The number of carbonyl (C=O) groups is 1. The fraction of sp³-hybridized carbons (Fsp3) is 0.136. The molecule has 0 aliphatic carbocycles. The van der Waals surface area contributed by atoms with Crippen LogP contribution in [0.15, 0.2) is 59.2 Å². The molecule has 0 amide bonds. The molecule has 3 rings (SSSR count). The van der Waals surface area contributed by atoms with Crippen LogP contribution in [-0.2, 0) is 4.74 Å². The van der Waals surface area contributed by atoms with Crippen LogP contribution in [0.3, 0.4) is 0 Å². The van der Waals surface area contributed by atoms with Crippen molar-refractivity contribution < 1.29 is 23.6 Å². The molecule has 29 heavy (non-hydrogen) atoms. The highest BCUT2D eigenvalue weighted by molar-refractivity contribution is 6.14. The van der Waals surface area contributed by atoms with Gasteiger partial charge in [-0.05, 0) is 36.8 Å². The van der Waals surface area contributed by atoms with E-state index in [0.717, 1.165) is 5.56 Å². The number of methoxy groups -OCH3 is 1. The van der Waals surface area contributed by atoms with E-state index in [1.807, 2.05) is 13.0 Å². The number of furan rings is 1. The maximum absolute atomic E-state index is 13.1. The number of ether oxygens (including phenoxy) is 2. The SMILES string of the molecule is COCOc1c(C=Cc2occc2C)ccc([N+](=O)[O-])c1C(=O)c1ccccc1. The molecule has 148 valence electrons. The monoisotopic (exact) mass is 393 g/mol. The van der Waals surface area contributed by atoms with Gasteiger partial charge in [0.05, 0.1) is 11.2 Å². The predicted octanol–water partition coefficient (Wildman–Crippen LogP) is 4.88. The molecule has 7 nitrogen and oxygen atoms in total. The zero-order chi connectivity index (χ0) is 20.8. The maximum atomic E-state index is 13.1. The predicted molar refractivity (Wildman–Crippen MR) is 108 cm³/mol. The van der Waals surface area contributed by atoms with E-state index in [1.165, 1.54) is 19.2 Å². The first kappa shape index (κ1) is 20.0. The third-order valence-electron chi connectivity index (χ3n) is 4.26. The first-order valence-corrected chi connectivity index (χ1v) is 8.78. The van der Waals surface area contributed by atoms with Gasteiger partial charge in [-0.3, -0.25) is 14.9 Å². The molecule has 0 atom stereocenters. The van der Waals surface area contributed by atoms with Gasteiger partial charge in [0, 0.05) is 24.3 Å². The summed E-state index contributed by atoms with van der Waals surface area (Å²) in [6.45, 7) is 1.72. The average Bonchev–Trinajstić information content (AvgIpc) is 3.15. The van der Waals surface area contributed by atoms with Crippen LogP contribution in [0.2, 0.25) is 0 Å². The van der Waals surface area contributed by atoms with E-state index in [9.17, 15) is 14.9 Å². The number of carbonyl (C=O) groups excluding carboxylic acids is 1. The zero-order valence-electron chi connectivity index (χ0n) is 16.0. The number of nitrogens with zero attached hydrogens (tertiary/aromatic N) is 1. The minimum absolute atomic E-state index is 0.0790. The molecule has 0 aliphatic heterocycles. The minimum Gasteiger partial charge on any atom is -0.466 e. The standard InChI is InChI=1S/C22H19NO6/c1-15-12-13-28-19(15)11-9-17-8-10-18(23(25)26)20(22(17)29-14-27-2)21(24)16-6-4-3-5-7-16/h3-13H,14H2,1-2H3. The summed E-state index contributed by atoms with van der Waals surface area (Å²) in [5.41, 5.74) is 1.28. The van der Waals surface area contributed by atoms with Crippen LogP contribution in [0.5, 0.6) is 5.75 Å². The van der Waals surface area contributed by atoms with Crippen molar-refractivity contribution in [3.63, 3.8) is 0 Å². The number of hydrogen-bond donors (Lipinski definition) is 0. The largest absolute Gasteiger partial charge is 0.466 e. The van der Waals surface area contributed by atoms with E-state index >= 15 is 0 Å². The lowest BCUT2D eigenvalue weighted by Crippen LogP contribution is -2.11. The highest BCUT2D eigenvalue weighted by Crippen LogP contribution is 2.35. The lowest BCUT2D eigenvalue weighted by molar-refractivity contribution is -0.385. The van der Waals surface area contributed by atoms with Crippen LogP contribution in [-0.4, -0.2) is 24.6 Å². The molecule has 2 aromatic carbocycles. The third kappa shape index (κ3) is 4.41. The molecule has 0 unspecified atom stereocenters. The summed E-state index contributed by atoms with van der Waals surface area (Å²) in [4.78, 5) is 24.1. The molecule has 0 radical (unpaired) electrons. The van der Waals surface area contributed by atoms with Crippen LogP contribution in [0.1, 0.15) is 32.8 Å². The Hall–Kier alpha value is -3.71. The highest BCUT2D eigenvalue weighted by atomic mass is 16.7. The molecule has 1 heterocycles. The second-order valence-electron chi connectivity index (χ2n) is 6.18. The van der Waals surface area contributed by atoms with Crippen LogP contribution in [0.4, 0.5) is 5.69 Å². The van der Waals surface area contributed by atoms with Gasteiger partial charge in [-0.2, -0.15) is 0 Å². The zero-order valence-corrected chi connectivity index (χ0v) is 16.0. The molecular formula is C22H19NO6. The number of nitro groups is 1. The van der Waals surface area contributed by atoms with E-state index in [0.29, 0.717) is 16.9 Å². The van der Waals surface area contributed by atoms with Gasteiger partial charge in [0.1, 0.15) is 17.1 Å². The normalized spacial score (nSPS) is 11.0. The Morgan fingerprint density at radius 1 is 1.14 bits per heavy atom. The summed E-state index contributed by atoms with van der Waals surface area (Å²) < 4.78 is 16.0. The van der Waals surface area contributed by atoms with Crippen molar-refractivity contribution >= 4 is 23.6 Å². The molecule has 7 heteroatoms. The van der Waals surface area contributed by atoms with Crippen molar-refractivity contribution in [2.24, 2.45) is 0 Å². The fourth-order valence-corrected chi connectivity index (χ4v) is 2.82. The van der Waals surface area contributed by atoms with E-state index in [-0.39, 0.29) is 23.8 Å². The van der Waals surface area contributed by atoms with Gasteiger partial charge >= 0.3 is 0 Å². The van der Waals surface area contributed by atoms with E-state index in [4.69, 9.17) is 13.9 Å². The van der Waals surface area contributed by atoms with Crippen LogP contribution < -0.4 is 4.74 Å². The molecule has 0 aliphatic rings. The Morgan fingerprint density at radius 2 is 1.90 bits per heavy atom. The minimum atomic E-state index is -0.597. The lowest BCUT2D eigenvalue weighted by Gasteiger charge is -2.13. The van der Waals surface area contributed by atoms with E-state index in [1.54, 1.807) is 48.7 Å². The molecule has 0 bridgehead atoms. The van der Waals surface area contributed by atoms with Crippen molar-refractivity contribution in [3.05, 3.63) is 92.9 Å². The third-order valence-corrected chi connectivity index (χ3v) is 4.26. The van der Waals surface area contributed by atoms with Gasteiger partial charge in [-0.15, -0.1) is 0 Å². The summed E-state index contributed by atoms with van der Waals surface area (Å²) in [5.74, 6) is 0.208. The number of aryl methyl sites for hydroxylation is 1. The Morgan fingerprint density at radius 3 is 2.52 bits per heavy atom. The first-order valence-electron chi connectivity index (χ1n) is 8.78. The summed E-state index contributed by atoms with van der Waals surface area (Å²) in [5, 5.41) is 11.6. The van der Waals surface area contributed by atoms with Crippen molar-refractivity contribution in [2.45, 2.75) is 6.92 Å². The lowest BCUT2D eigenvalue weighted by atomic mass is 9.97. The number of ketones is 1. The van der Waals surface area contributed by atoms with E-state index < -0.39 is 10.7 Å². The van der Waals surface area contributed by atoms with Gasteiger partial charge < -0.3 is 13.9 Å². The molecule has 0 N–H and O–H groups in total. The fourth-order valence-electron chi connectivity index (χ4n) is 2.82. The van der Waals surface area contributed by atoms with E-state index in [2.05, 4.69) is 0 Å². The number of benzene rings is 2. The Balaban J connectivity index is 2.17. The van der Waals surface area contributed by atoms with Crippen LogP contribution >= 0.6 is 0 Å². The quantitative estimate of drug-likeness (QED) is 0.234. The number of nitro benzene ring substituents is 1. The molecule has 0 saturated carbocycles. The molecule has 0 spiro atoms. The van der Waals surface area contributed by atoms with Crippen LogP contribution in [0, 0.1) is 17.0 Å². The smallest absolute Gasteiger partial charge is 0.284 e. The van der Waals surface area contributed by atoms with Crippen molar-refractivity contribution in [1.82, 2.24) is 0 Å². The topological polar surface area (TPSA) is 91.8 Å². The van der Waals surface area contributed by atoms with Crippen molar-refractivity contribution in [2.75, 3.05) is 13.9 Å². The summed E-state index contributed by atoms with van der Waals surface area (Å²) in [6, 6.07) is 13.0. The van der Waals surface area contributed by atoms with Crippen molar-refractivity contribution in [1.29, 1.82) is 0 Å². The second kappa shape index (κ2) is 8.99. The molecule has 1 aromatic heterocycles. The first-order chi connectivity index (χ1) is 14.0. The summed E-state index contributed by atoms with van der Waals surface area (Å²) >= 11 is 0. The molecule has 0 fully saturated rings. The maximum Gasteiger partial charge on any atom is 0.284 e. The molecule has 3 aromatic rings. The Kier molecular flexibility index (Phi) is 6.21. The Labute approximate surface area is 167 Å². The highest BCUT2D eigenvalue weighted by Gasteiger charge is 2.28. The van der Waals surface area contributed by atoms with Gasteiger partial charge in [0.25, 0.3) is 5.69 Å². The molecular weight excluding hydrogens is 374 g/mol. The number of rotatable bonds is 8. The van der Waals surface area contributed by atoms with Gasteiger partial charge in [-0.25, -0.2) is 0 Å². The van der Waals surface area contributed by atoms with Crippen molar-refractivity contribution in [3.8, 4) is 5.75 Å². The van der Waals surface area contributed by atoms with Gasteiger partial charge in [0.2, 0.25) is 5.78 Å². The van der Waals surface area contributed by atoms with Crippen LogP contribution in [0.25, 0.3) is 12.2 Å². The summed E-state index contributed by atoms with van der Waals surface area (Å²) in [7, 11) is 1.43. The Bertz CT molecular complexity index is 1050.